The molecule has 3 heteroatoms. The summed E-state index contributed by atoms with van der Waals surface area (Å²) in [5, 5.41) is 0. The van der Waals surface area contributed by atoms with E-state index in [2.05, 4.69) is 12.6 Å². The quantitative estimate of drug-likeness (QED) is 0.496. The fourth-order valence-electron chi connectivity index (χ4n) is 0.801. The largest absolute Gasteiger partial charge is 0.412 e. The van der Waals surface area contributed by atoms with Gasteiger partial charge in [0.15, 0.2) is 0 Å². The molecule has 2 nitrogen and oxygen atoms in total. The molecule has 0 bridgehead atoms. The molecular formula is C9H16O2S. The van der Waals surface area contributed by atoms with Crippen molar-refractivity contribution in [2.45, 2.75) is 26.7 Å². The molecule has 0 atom stereocenters. The van der Waals surface area contributed by atoms with Crippen LogP contribution in [0.1, 0.15) is 26.7 Å². The lowest BCUT2D eigenvalue weighted by Gasteiger charge is -2.02. The van der Waals surface area contributed by atoms with E-state index in [-0.39, 0.29) is 5.48 Å². The zero-order valence-electron chi connectivity index (χ0n) is 7.50. The van der Waals surface area contributed by atoms with E-state index in [4.69, 9.17) is 0 Å². The van der Waals surface area contributed by atoms with Crippen LogP contribution < -0.4 is 0 Å². The van der Waals surface area contributed by atoms with Gasteiger partial charge in [-0.15, -0.1) is 12.6 Å². The van der Waals surface area contributed by atoms with Gasteiger partial charge < -0.3 is 5.48 Å². The highest BCUT2D eigenvalue weighted by molar-refractivity contribution is 7.84. The highest BCUT2D eigenvalue weighted by atomic mass is 32.1. The first kappa shape index (κ1) is 14.0. The molecule has 70 valence electrons. The number of carbonyl (C=O) groups excluding carboxylic acids is 1. The molecular weight excluding hydrogens is 172 g/mol. The Balaban J connectivity index is 0. The van der Waals surface area contributed by atoms with Crippen molar-refractivity contribution < 1.29 is 10.3 Å². The molecule has 0 amide bonds. The summed E-state index contributed by atoms with van der Waals surface area (Å²) in [5.74, 6) is 0. The van der Waals surface area contributed by atoms with Crippen LogP contribution in [0.2, 0.25) is 0 Å². The Morgan fingerprint density at radius 1 is 1.50 bits per heavy atom. The molecule has 0 spiro atoms. The van der Waals surface area contributed by atoms with Crippen molar-refractivity contribution in [3.05, 3.63) is 22.6 Å². The molecule has 0 radical (unpaired) electrons. The van der Waals surface area contributed by atoms with Gasteiger partial charge >= 0.3 is 0 Å². The van der Waals surface area contributed by atoms with Gasteiger partial charge in [0, 0.05) is 4.91 Å². The van der Waals surface area contributed by atoms with E-state index in [9.17, 15) is 4.79 Å². The zero-order chi connectivity index (χ0) is 8.69. The van der Waals surface area contributed by atoms with Gasteiger partial charge in [0.1, 0.15) is 6.29 Å². The molecule has 1 aliphatic carbocycles. The number of carbonyl (C=O) groups is 1. The maximum absolute atomic E-state index is 10.2. The van der Waals surface area contributed by atoms with Crippen LogP contribution in [0.15, 0.2) is 22.6 Å². The second-order valence-electron chi connectivity index (χ2n) is 2.00. The zero-order valence-corrected chi connectivity index (χ0v) is 8.40. The highest BCUT2D eigenvalue weighted by Gasteiger charge is 1.99. The lowest BCUT2D eigenvalue weighted by atomic mass is 10.1. The molecule has 2 N–H and O–H groups in total. The second kappa shape index (κ2) is 8.56. The molecule has 1 rings (SSSR count). The van der Waals surface area contributed by atoms with Gasteiger partial charge in [-0.1, -0.05) is 19.9 Å². The van der Waals surface area contributed by atoms with Crippen LogP contribution in [0, 0.1) is 0 Å². The van der Waals surface area contributed by atoms with Crippen LogP contribution in [0.25, 0.3) is 0 Å². The average Bonchev–Trinajstić information content (AvgIpc) is 2.08. The minimum Gasteiger partial charge on any atom is -0.412 e. The van der Waals surface area contributed by atoms with Crippen LogP contribution in [-0.4, -0.2) is 11.8 Å². The maximum Gasteiger partial charge on any atom is 0.146 e. The fraction of sp³-hybridized carbons (Fsp3) is 0.444. The number of hydrogen-bond donors (Lipinski definition) is 1. The Morgan fingerprint density at radius 3 is 2.42 bits per heavy atom. The number of aldehydes is 1. The summed E-state index contributed by atoms with van der Waals surface area (Å²) < 4.78 is 0. The van der Waals surface area contributed by atoms with Crippen molar-refractivity contribution in [3.8, 4) is 0 Å². The van der Waals surface area contributed by atoms with Crippen molar-refractivity contribution in [1.82, 2.24) is 0 Å². The first-order valence-corrected chi connectivity index (χ1v) is 4.32. The number of hydrogen-bond acceptors (Lipinski definition) is 2. The number of rotatable bonds is 1. The molecule has 0 unspecified atom stereocenters. The summed E-state index contributed by atoms with van der Waals surface area (Å²) in [5.41, 5.74) is 0.850. The first-order chi connectivity index (χ1) is 5.33. The lowest BCUT2D eigenvalue weighted by molar-refractivity contribution is -0.105. The molecule has 0 saturated carbocycles. The minimum absolute atomic E-state index is 0. The van der Waals surface area contributed by atoms with Gasteiger partial charge in [-0.3, -0.25) is 4.79 Å². The summed E-state index contributed by atoms with van der Waals surface area (Å²) in [4.78, 5) is 11.1. The third-order valence-corrected chi connectivity index (χ3v) is 1.58. The Morgan fingerprint density at radius 2 is 2.08 bits per heavy atom. The highest BCUT2D eigenvalue weighted by Crippen LogP contribution is 2.17. The monoisotopic (exact) mass is 188 g/mol. The first-order valence-electron chi connectivity index (χ1n) is 3.88. The average molecular weight is 188 g/mol. The Hall–Kier alpha value is -0.540. The van der Waals surface area contributed by atoms with E-state index < -0.39 is 0 Å². The van der Waals surface area contributed by atoms with Gasteiger partial charge in [-0.05, 0) is 24.5 Å². The van der Waals surface area contributed by atoms with Crippen molar-refractivity contribution in [2.75, 3.05) is 0 Å². The molecule has 0 aromatic carbocycles. The van der Waals surface area contributed by atoms with Crippen LogP contribution in [0.5, 0.6) is 0 Å². The van der Waals surface area contributed by atoms with Crippen molar-refractivity contribution in [3.63, 3.8) is 0 Å². The normalized spacial score (nSPS) is 14.2. The Kier molecular flexibility index (Phi) is 9.99. The van der Waals surface area contributed by atoms with Gasteiger partial charge in [-0.2, -0.15) is 0 Å². The van der Waals surface area contributed by atoms with E-state index >= 15 is 0 Å². The van der Waals surface area contributed by atoms with E-state index in [1.54, 1.807) is 6.08 Å². The van der Waals surface area contributed by atoms with E-state index in [0.29, 0.717) is 0 Å². The second-order valence-corrected chi connectivity index (χ2v) is 2.52. The smallest absolute Gasteiger partial charge is 0.146 e. The third-order valence-electron chi connectivity index (χ3n) is 1.27. The van der Waals surface area contributed by atoms with Gasteiger partial charge in [-0.25, -0.2) is 0 Å². The Bertz CT molecular complexity index is 183. The van der Waals surface area contributed by atoms with Crippen molar-refractivity contribution >= 4 is 18.9 Å². The maximum atomic E-state index is 10.2. The van der Waals surface area contributed by atoms with E-state index in [0.717, 1.165) is 29.6 Å². The Labute approximate surface area is 79.1 Å². The SMILES string of the molecule is CC.O.O=CC1=CC(S)=CCC1. The summed E-state index contributed by atoms with van der Waals surface area (Å²) >= 11 is 4.10. The van der Waals surface area contributed by atoms with Crippen LogP contribution in [-0.2, 0) is 4.79 Å². The molecule has 0 saturated heterocycles. The predicted molar refractivity (Wildman–Crippen MR) is 55.4 cm³/mol. The molecule has 0 aromatic rings. The predicted octanol–water partition coefficient (Wildman–Crippen LogP) is 1.92. The van der Waals surface area contributed by atoms with Crippen molar-refractivity contribution in [2.24, 2.45) is 0 Å². The molecule has 0 heterocycles. The molecule has 0 aliphatic heterocycles. The van der Waals surface area contributed by atoms with E-state index in [1.165, 1.54) is 0 Å². The van der Waals surface area contributed by atoms with Crippen LogP contribution >= 0.6 is 12.6 Å². The van der Waals surface area contributed by atoms with Crippen LogP contribution in [0.3, 0.4) is 0 Å². The topological polar surface area (TPSA) is 48.6 Å². The van der Waals surface area contributed by atoms with Crippen molar-refractivity contribution in [1.29, 1.82) is 0 Å². The summed E-state index contributed by atoms with van der Waals surface area (Å²) in [7, 11) is 0. The number of thiol groups is 1. The summed E-state index contributed by atoms with van der Waals surface area (Å²) in [6, 6.07) is 0. The van der Waals surface area contributed by atoms with E-state index in [1.807, 2.05) is 19.9 Å². The molecule has 1 aliphatic rings. The van der Waals surface area contributed by atoms with Crippen LogP contribution in [0.4, 0.5) is 0 Å². The molecule has 0 fully saturated rings. The summed E-state index contributed by atoms with van der Waals surface area (Å²) in [6.07, 6.45) is 6.52. The number of allylic oxidation sites excluding steroid dienone is 3. The van der Waals surface area contributed by atoms with Gasteiger partial charge in [0.05, 0.1) is 0 Å². The fourth-order valence-corrected chi connectivity index (χ4v) is 1.10. The van der Waals surface area contributed by atoms with Gasteiger partial charge in [0.2, 0.25) is 0 Å². The lowest BCUT2D eigenvalue weighted by Crippen LogP contribution is -1.89. The molecule has 0 aromatic heterocycles. The third kappa shape index (κ3) is 5.16. The molecule has 12 heavy (non-hydrogen) atoms. The summed E-state index contributed by atoms with van der Waals surface area (Å²) in [6.45, 7) is 4.00. The van der Waals surface area contributed by atoms with Gasteiger partial charge in [0.25, 0.3) is 0 Å². The minimum atomic E-state index is 0. The standard InChI is InChI=1S/C7H8OS.C2H6.H2O/c8-5-6-2-1-3-7(9)4-6;1-2;/h3-5,9H,1-2H2;1-2H3;1H2.